The number of carbonyl (C=O) groups is 3. The van der Waals surface area contributed by atoms with Crippen molar-refractivity contribution in [2.24, 2.45) is 0 Å². The summed E-state index contributed by atoms with van der Waals surface area (Å²) >= 11 is 2.13. The predicted octanol–water partition coefficient (Wildman–Crippen LogP) is 3.94. The second kappa shape index (κ2) is 12.4. The molecule has 0 aliphatic carbocycles. The van der Waals surface area contributed by atoms with Gasteiger partial charge in [0, 0.05) is 30.0 Å². The Morgan fingerprint density at radius 1 is 1.08 bits per heavy atom. The number of benzene rings is 2. The molecule has 0 saturated carbocycles. The zero-order valence-corrected chi connectivity index (χ0v) is 22.2. The van der Waals surface area contributed by atoms with Crippen LogP contribution in [0.5, 0.6) is 5.95 Å². The zero-order valence-electron chi connectivity index (χ0n) is 20.6. The number of carbonyl (C=O) groups excluding carboxylic acids is 3. The van der Waals surface area contributed by atoms with E-state index in [-0.39, 0.29) is 39.2 Å². The van der Waals surface area contributed by atoms with E-state index in [9.17, 15) is 19.5 Å². The Morgan fingerprint density at radius 3 is 2.45 bits per heavy atom. The fourth-order valence-electron chi connectivity index (χ4n) is 3.50. The number of anilines is 2. The summed E-state index contributed by atoms with van der Waals surface area (Å²) in [6.07, 6.45) is 0.0227. The van der Waals surface area contributed by atoms with Gasteiger partial charge in [-0.3, -0.25) is 9.59 Å². The van der Waals surface area contributed by atoms with Crippen molar-refractivity contribution in [3.05, 3.63) is 76.7 Å². The van der Waals surface area contributed by atoms with Crippen LogP contribution in [0.15, 0.2) is 70.2 Å². The Balaban J connectivity index is 1.47. The average Bonchev–Trinajstić information content (AvgIpc) is 3.44. The lowest BCUT2D eigenvalue weighted by Crippen LogP contribution is -2.34. The van der Waals surface area contributed by atoms with Crippen molar-refractivity contribution in [1.29, 1.82) is 0 Å². The van der Waals surface area contributed by atoms with E-state index in [1.807, 2.05) is 24.3 Å². The van der Waals surface area contributed by atoms with E-state index in [2.05, 4.69) is 15.9 Å². The first-order chi connectivity index (χ1) is 18.4. The molecule has 2 amide bonds. The SMILES string of the molecule is CCOC(=O)c1c(NC(=O)CCSc2c([O-])on[n+]2-c2ccccc2)sc(C(=O)Nc2ccccc2)c1C. The number of nitrogens with one attached hydrogen (secondary N) is 2. The maximum absolute atomic E-state index is 12.9. The molecule has 0 unspecified atom stereocenters. The van der Waals surface area contributed by atoms with E-state index < -0.39 is 23.7 Å². The fraction of sp³-hybridized carbons (Fsp3) is 0.192. The van der Waals surface area contributed by atoms with Crippen LogP contribution in [0.4, 0.5) is 10.7 Å². The molecule has 10 nitrogen and oxygen atoms in total. The minimum Gasteiger partial charge on any atom is -0.538 e. The second-order valence-electron chi connectivity index (χ2n) is 7.86. The number of amides is 2. The van der Waals surface area contributed by atoms with E-state index in [1.165, 1.54) is 4.68 Å². The van der Waals surface area contributed by atoms with Gasteiger partial charge in [-0.25, -0.2) is 4.79 Å². The average molecular weight is 553 g/mol. The highest BCUT2D eigenvalue weighted by molar-refractivity contribution is 7.99. The number of esters is 1. The second-order valence-corrected chi connectivity index (χ2v) is 9.96. The van der Waals surface area contributed by atoms with Crippen molar-refractivity contribution >= 4 is 51.6 Å². The fourth-order valence-corrected chi connectivity index (χ4v) is 5.50. The van der Waals surface area contributed by atoms with Gasteiger partial charge in [0.05, 0.1) is 22.3 Å². The van der Waals surface area contributed by atoms with E-state index >= 15 is 0 Å². The minimum absolute atomic E-state index is 0.0227. The topological polar surface area (TPSA) is 137 Å². The van der Waals surface area contributed by atoms with Crippen LogP contribution >= 0.6 is 23.1 Å². The molecule has 196 valence electrons. The highest BCUT2D eigenvalue weighted by Crippen LogP contribution is 2.34. The lowest BCUT2D eigenvalue weighted by atomic mass is 10.1. The van der Waals surface area contributed by atoms with E-state index in [0.29, 0.717) is 16.9 Å². The number of thiophene rings is 1. The number of hydrogen-bond acceptors (Lipinski definition) is 9. The molecule has 4 rings (SSSR count). The molecule has 0 aliphatic rings. The van der Waals surface area contributed by atoms with Crippen LogP contribution in [0.25, 0.3) is 5.69 Å². The standard InChI is InChI=1S/C26H24N4O6S2/c1-3-35-25(33)20-16(2)21(22(32)27-17-10-6-4-7-11-17)38-23(20)28-19(31)14-15-37-24-26(34)36-29-30(24)18-12-8-5-9-13-18/h4-13H,3,14-15H2,1-2H3,(H2-,27,28,29,31,32,33,34). The van der Waals surface area contributed by atoms with Crippen LogP contribution in [0.1, 0.15) is 38.9 Å². The van der Waals surface area contributed by atoms with Gasteiger partial charge in [-0.1, -0.05) is 48.2 Å². The zero-order chi connectivity index (χ0) is 27.1. The van der Waals surface area contributed by atoms with Crippen molar-refractivity contribution in [3.63, 3.8) is 0 Å². The molecule has 0 spiro atoms. The van der Waals surface area contributed by atoms with Crippen molar-refractivity contribution < 1.29 is 33.4 Å². The third kappa shape index (κ3) is 6.21. The molecule has 2 N–H and O–H groups in total. The normalized spacial score (nSPS) is 10.7. The summed E-state index contributed by atoms with van der Waals surface area (Å²) in [5.74, 6) is -1.79. The molecule has 2 aromatic carbocycles. The van der Waals surface area contributed by atoms with Crippen molar-refractivity contribution in [1.82, 2.24) is 5.27 Å². The van der Waals surface area contributed by atoms with Crippen LogP contribution in [0.3, 0.4) is 0 Å². The highest BCUT2D eigenvalue weighted by Gasteiger charge is 2.27. The summed E-state index contributed by atoms with van der Waals surface area (Å²) in [7, 11) is 0. The lowest BCUT2D eigenvalue weighted by molar-refractivity contribution is -0.705. The molecule has 12 heteroatoms. The summed E-state index contributed by atoms with van der Waals surface area (Å²) < 4.78 is 11.3. The highest BCUT2D eigenvalue weighted by atomic mass is 32.2. The van der Waals surface area contributed by atoms with Crippen LogP contribution in [-0.2, 0) is 9.53 Å². The molecule has 4 aromatic rings. The number of thioether (sulfide) groups is 1. The van der Waals surface area contributed by atoms with E-state index in [1.54, 1.807) is 50.2 Å². The maximum Gasteiger partial charge on any atom is 0.341 e. The molecule has 0 bridgehead atoms. The van der Waals surface area contributed by atoms with Gasteiger partial charge in [-0.2, -0.15) is 0 Å². The number of ether oxygens (including phenoxy) is 1. The van der Waals surface area contributed by atoms with Gasteiger partial charge in [-0.05, 0) is 36.2 Å². The molecule has 0 radical (unpaired) electrons. The molecule has 0 aliphatic heterocycles. The molecule has 38 heavy (non-hydrogen) atoms. The summed E-state index contributed by atoms with van der Waals surface area (Å²) in [6, 6.07) is 17.9. The lowest BCUT2D eigenvalue weighted by Gasteiger charge is -2.07. The van der Waals surface area contributed by atoms with Gasteiger partial charge in [0.15, 0.2) is 5.95 Å². The summed E-state index contributed by atoms with van der Waals surface area (Å²) in [6.45, 7) is 3.45. The van der Waals surface area contributed by atoms with Crippen molar-refractivity contribution in [3.8, 4) is 11.6 Å². The molecule has 0 fully saturated rings. The van der Waals surface area contributed by atoms with Crippen LogP contribution in [0.2, 0.25) is 0 Å². The molecule has 2 aromatic heterocycles. The van der Waals surface area contributed by atoms with Crippen LogP contribution in [0, 0.1) is 6.92 Å². The quantitative estimate of drug-likeness (QED) is 0.171. The Hall–Kier alpha value is -4.16. The predicted molar refractivity (Wildman–Crippen MR) is 141 cm³/mol. The summed E-state index contributed by atoms with van der Waals surface area (Å²) in [4.78, 5) is 38.7. The monoisotopic (exact) mass is 552 g/mol. The smallest absolute Gasteiger partial charge is 0.341 e. The van der Waals surface area contributed by atoms with E-state index in [0.717, 1.165) is 23.1 Å². The van der Waals surface area contributed by atoms with Gasteiger partial charge >= 0.3 is 5.97 Å². The summed E-state index contributed by atoms with van der Waals surface area (Å²) in [5, 5.41) is 21.9. The van der Waals surface area contributed by atoms with Crippen LogP contribution < -0.4 is 20.4 Å². The summed E-state index contributed by atoms with van der Waals surface area (Å²) in [5.41, 5.74) is 1.80. The van der Waals surface area contributed by atoms with Crippen molar-refractivity contribution in [2.75, 3.05) is 23.0 Å². The largest absolute Gasteiger partial charge is 0.538 e. The molecule has 2 heterocycles. The van der Waals surface area contributed by atoms with Gasteiger partial charge in [0.1, 0.15) is 5.00 Å². The first-order valence-electron chi connectivity index (χ1n) is 11.6. The minimum atomic E-state index is -0.631. The Morgan fingerprint density at radius 2 is 1.76 bits per heavy atom. The van der Waals surface area contributed by atoms with Crippen molar-refractivity contribution in [2.45, 2.75) is 25.3 Å². The van der Waals surface area contributed by atoms with Crippen LogP contribution in [-0.4, -0.2) is 35.4 Å². The van der Waals surface area contributed by atoms with Gasteiger partial charge in [0.25, 0.3) is 10.9 Å². The number of aromatic nitrogens is 2. The third-order valence-electron chi connectivity index (χ3n) is 5.26. The Labute approximate surface area is 226 Å². The molecular weight excluding hydrogens is 528 g/mol. The first-order valence-corrected chi connectivity index (χ1v) is 13.4. The van der Waals surface area contributed by atoms with Gasteiger partial charge < -0.3 is 25.0 Å². The third-order valence-corrected chi connectivity index (χ3v) is 7.49. The molecule has 0 saturated heterocycles. The molecule has 0 atom stereocenters. The maximum atomic E-state index is 12.9. The van der Waals surface area contributed by atoms with E-state index in [4.69, 9.17) is 9.26 Å². The Kier molecular flexibility index (Phi) is 8.77. The van der Waals surface area contributed by atoms with Gasteiger partial charge in [0.2, 0.25) is 11.6 Å². The first kappa shape index (κ1) is 26.9. The van der Waals surface area contributed by atoms with Gasteiger partial charge in [-0.15, -0.1) is 11.3 Å². The number of para-hydroxylation sites is 2. The Bertz CT molecular complexity index is 1440. The molecular formula is C26H24N4O6S2. The number of nitrogens with zero attached hydrogens (tertiary/aromatic N) is 2. The number of hydrogen-bond donors (Lipinski definition) is 2. The number of rotatable bonds is 10.